The number of rotatable bonds is 5. The van der Waals surface area contributed by atoms with Crippen LogP contribution in [-0.2, 0) is 6.61 Å². The van der Waals surface area contributed by atoms with E-state index in [-0.39, 0.29) is 5.75 Å². The molecule has 0 atom stereocenters. The van der Waals surface area contributed by atoms with Gasteiger partial charge in [-0.3, -0.25) is 5.10 Å². The van der Waals surface area contributed by atoms with Gasteiger partial charge in [-0.15, -0.1) is 0 Å². The number of aromatic hydroxyl groups is 1. The Bertz CT molecular complexity index is 1060. The Morgan fingerprint density at radius 3 is 2.48 bits per heavy atom. The van der Waals surface area contributed by atoms with Crippen molar-refractivity contribution in [2.24, 2.45) is 0 Å². The lowest BCUT2D eigenvalue weighted by atomic mass is 10.0. The van der Waals surface area contributed by atoms with Crippen LogP contribution in [0.1, 0.15) is 5.56 Å². The van der Waals surface area contributed by atoms with E-state index in [1.807, 2.05) is 66.7 Å². The van der Waals surface area contributed by atoms with Gasteiger partial charge in [0, 0.05) is 27.8 Å². The highest BCUT2D eigenvalue weighted by Gasteiger charge is 2.14. The number of aromatic nitrogens is 2. The van der Waals surface area contributed by atoms with Crippen LogP contribution in [-0.4, -0.2) is 15.3 Å². The molecule has 4 aromatic rings. The number of phenolic OH excluding ortho intramolecular Hbond substituents is 1. The molecule has 0 aliphatic heterocycles. The van der Waals surface area contributed by atoms with E-state index in [9.17, 15) is 5.11 Å². The molecule has 0 spiro atoms. The zero-order valence-electron chi connectivity index (χ0n) is 14.4. The van der Waals surface area contributed by atoms with Crippen molar-refractivity contribution in [3.05, 3.63) is 89.6 Å². The Morgan fingerprint density at radius 2 is 1.70 bits per heavy atom. The largest absolute Gasteiger partial charge is 0.507 e. The molecule has 0 saturated carbocycles. The first-order valence-electron chi connectivity index (χ1n) is 8.51. The van der Waals surface area contributed by atoms with Crippen LogP contribution in [0.15, 0.2) is 79.0 Å². The molecule has 0 unspecified atom stereocenters. The lowest BCUT2D eigenvalue weighted by Crippen LogP contribution is -1.96. The van der Waals surface area contributed by atoms with Crippen molar-refractivity contribution in [3.8, 4) is 33.9 Å². The van der Waals surface area contributed by atoms with Crippen LogP contribution in [0, 0.1) is 0 Å². The molecule has 0 saturated heterocycles. The molecule has 2 N–H and O–H groups in total. The summed E-state index contributed by atoms with van der Waals surface area (Å²) in [5.41, 5.74) is 4.27. The van der Waals surface area contributed by atoms with E-state index < -0.39 is 0 Å². The topological polar surface area (TPSA) is 58.1 Å². The SMILES string of the molecule is Oc1cc(OCc2ccccc2Cl)ccc1-c1[nH]ncc1-c1ccccc1. The second kappa shape index (κ2) is 7.56. The lowest BCUT2D eigenvalue weighted by Gasteiger charge is -2.11. The van der Waals surface area contributed by atoms with Crippen molar-refractivity contribution in [1.82, 2.24) is 10.2 Å². The molecule has 1 aromatic heterocycles. The van der Waals surface area contributed by atoms with Gasteiger partial charge in [-0.25, -0.2) is 0 Å². The number of H-pyrrole nitrogens is 1. The fourth-order valence-corrected chi connectivity index (χ4v) is 3.11. The maximum Gasteiger partial charge on any atom is 0.128 e. The summed E-state index contributed by atoms with van der Waals surface area (Å²) in [6.07, 6.45) is 1.76. The molecule has 0 radical (unpaired) electrons. The summed E-state index contributed by atoms with van der Waals surface area (Å²) >= 11 is 6.15. The summed E-state index contributed by atoms with van der Waals surface area (Å²) in [4.78, 5) is 0. The maximum absolute atomic E-state index is 10.5. The van der Waals surface area contributed by atoms with Gasteiger partial charge in [0.25, 0.3) is 0 Å². The van der Waals surface area contributed by atoms with Crippen LogP contribution < -0.4 is 4.74 Å². The van der Waals surface area contributed by atoms with E-state index in [2.05, 4.69) is 10.2 Å². The van der Waals surface area contributed by atoms with Crippen molar-refractivity contribution in [1.29, 1.82) is 0 Å². The number of halogens is 1. The minimum Gasteiger partial charge on any atom is -0.507 e. The first-order chi connectivity index (χ1) is 13.2. The van der Waals surface area contributed by atoms with E-state index in [1.54, 1.807) is 12.3 Å². The fraction of sp³-hybridized carbons (Fsp3) is 0.0455. The minimum absolute atomic E-state index is 0.119. The van der Waals surface area contributed by atoms with E-state index >= 15 is 0 Å². The van der Waals surface area contributed by atoms with Crippen molar-refractivity contribution in [2.75, 3.05) is 0 Å². The highest BCUT2D eigenvalue weighted by Crippen LogP contribution is 2.37. The first-order valence-corrected chi connectivity index (χ1v) is 8.88. The second-order valence-electron chi connectivity index (χ2n) is 6.08. The van der Waals surface area contributed by atoms with Crippen LogP contribution in [0.5, 0.6) is 11.5 Å². The Balaban J connectivity index is 1.58. The molecule has 4 nitrogen and oxygen atoms in total. The van der Waals surface area contributed by atoms with Gasteiger partial charge in [0.05, 0.1) is 11.9 Å². The van der Waals surface area contributed by atoms with Gasteiger partial charge in [-0.2, -0.15) is 5.10 Å². The van der Waals surface area contributed by atoms with Crippen LogP contribution in [0.4, 0.5) is 0 Å². The number of hydrogen-bond acceptors (Lipinski definition) is 3. The average molecular weight is 377 g/mol. The smallest absolute Gasteiger partial charge is 0.128 e. The third-order valence-corrected chi connectivity index (χ3v) is 4.68. The number of phenols is 1. The summed E-state index contributed by atoms with van der Waals surface area (Å²) < 4.78 is 5.77. The van der Waals surface area contributed by atoms with Gasteiger partial charge in [0.15, 0.2) is 0 Å². The number of benzene rings is 3. The quantitative estimate of drug-likeness (QED) is 0.471. The zero-order valence-corrected chi connectivity index (χ0v) is 15.1. The maximum atomic E-state index is 10.5. The highest BCUT2D eigenvalue weighted by atomic mass is 35.5. The summed E-state index contributed by atoms with van der Waals surface area (Å²) in [5, 5.41) is 18.3. The molecule has 0 bridgehead atoms. The normalized spacial score (nSPS) is 10.7. The fourth-order valence-electron chi connectivity index (χ4n) is 2.92. The molecular formula is C22H17ClN2O2. The van der Waals surface area contributed by atoms with Crippen molar-refractivity contribution < 1.29 is 9.84 Å². The van der Waals surface area contributed by atoms with Gasteiger partial charge < -0.3 is 9.84 Å². The molecular weight excluding hydrogens is 360 g/mol. The number of ether oxygens (including phenoxy) is 1. The van der Waals surface area contributed by atoms with Crippen molar-refractivity contribution >= 4 is 11.6 Å². The summed E-state index contributed by atoms with van der Waals surface area (Å²) in [6.45, 7) is 0.331. The Kier molecular flexibility index (Phi) is 4.81. The monoisotopic (exact) mass is 376 g/mol. The third-order valence-electron chi connectivity index (χ3n) is 4.31. The van der Waals surface area contributed by atoms with E-state index in [0.29, 0.717) is 22.9 Å². The summed E-state index contributed by atoms with van der Waals surface area (Å²) in [7, 11) is 0. The Morgan fingerprint density at radius 1 is 0.926 bits per heavy atom. The number of nitrogens with one attached hydrogen (secondary N) is 1. The summed E-state index contributed by atoms with van der Waals surface area (Å²) in [5.74, 6) is 0.685. The predicted molar refractivity (Wildman–Crippen MR) is 107 cm³/mol. The standard InChI is InChI=1S/C22H17ClN2O2/c23-20-9-5-4-8-16(20)14-27-17-10-11-18(21(26)12-17)22-19(13-24-25-22)15-6-2-1-3-7-15/h1-13,26H,14H2,(H,24,25). The van der Waals surface area contributed by atoms with Gasteiger partial charge in [-0.1, -0.05) is 60.1 Å². The molecule has 1 heterocycles. The van der Waals surface area contributed by atoms with Gasteiger partial charge in [0.2, 0.25) is 0 Å². The molecule has 0 aliphatic carbocycles. The molecule has 3 aromatic carbocycles. The van der Waals surface area contributed by atoms with Gasteiger partial charge in [-0.05, 0) is 23.8 Å². The minimum atomic E-state index is 0.119. The number of aromatic amines is 1. The van der Waals surface area contributed by atoms with E-state index in [4.69, 9.17) is 16.3 Å². The molecule has 4 rings (SSSR count). The molecule has 0 amide bonds. The Labute approximate surface area is 162 Å². The average Bonchev–Trinajstić information content (AvgIpc) is 3.18. The molecule has 27 heavy (non-hydrogen) atoms. The van der Waals surface area contributed by atoms with Crippen molar-refractivity contribution in [2.45, 2.75) is 6.61 Å². The molecule has 0 fully saturated rings. The van der Waals surface area contributed by atoms with E-state index in [0.717, 1.165) is 22.4 Å². The molecule has 0 aliphatic rings. The van der Waals surface area contributed by atoms with Crippen LogP contribution >= 0.6 is 11.6 Å². The zero-order chi connectivity index (χ0) is 18.6. The van der Waals surface area contributed by atoms with Crippen LogP contribution in [0.25, 0.3) is 22.4 Å². The molecule has 134 valence electrons. The second-order valence-corrected chi connectivity index (χ2v) is 6.49. The Hall–Kier alpha value is -3.24. The van der Waals surface area contributed by atoms with Crippen molar-refractivity contribution in [3.63, 3.8) is 0 Å². The van der Waals surface area contributed by atoms with E-state index in [1.165, 1.54) is 0 Å². The lowest BCUT2D eigenvalue weighted by molar-refractivity contribution is 0.304. The van der Waals surface area contributed by atoms with Crippen LogP contribution in [0.3, 0.4) is 0 Å². The van der Waals surface area contributed by atoms with Gasteiger partial charge in [0.1, 0.15) is 18.1 Å². The first kappa shape index (κ1) is 17.2. The predicted octanol–water partition coefficient (Wildman–Crippen LogP) is 5.68. The van der Waals surface area contributed by atoms with Gasteiger partial charge >= 0.3 is 0 Å². The third kappa shape index (κ3) is 3.66. The number of nitrogens with zero attached hydrogens (tertiary/aromatic N) is 1. The summed E-state index contributed by atoms with van der Waals surface area (Å²) in [6, 6.07) is 22.7. The van der Waals surface area contributed by atoms with Crippen LogP contribution in [0.2, 0.25) is 5.02 Å². The number of hydrogen-bond donors (Lipinski definition) is 2. The molecule has 5 heteroatoms. The highest BCUT2D eigenvalue weighted by molar-refractivity contribution is 6.31.